The van der Waals surface area contributed by atoms with Gasteiger partial charge in [0.15, 0.2) is 0 Å². The summed E-state index contributed by atoms with van der Waals surface area (Å²) in [5.74, 6) is 0.371. The monoisotopic (exact) mass is 425 g/mol. The van der Waals surface area contributed by atoms with Crippen LogP contribution >= 0.6 is 0 Å². The molecule has 0 unspecified atom stereocenters. The first-order valence-corrected chi connectivity index (χ1v) is 11.1. The lowest BCUT2D eigenvalue weighted by Gasteiger charge is -2.19. The number of anilines is 2. The Kier molecular flexibility index (Phi) is 5.08. The largest absolute Gasteiger partial charge is 0.362 e. The van der Waals surface area contributed by atoms with Crippen molar-refractivity contribution in [1.82, 2.24) is 9.78 Å². The molecule has 30 heavy (non-hydrogen) atoms. The summed E-state index contributed by atoms with van der Waals surface area (Å²) in [6, 6.07) is 14.5. The van der Waals surface area contributed by atoms with E-state index in [1.807, 2.05) is 49.1 Å². The maximum atomic E-state index is 12.8. The summed E-state index contributed by atoms with van der Waals surface area (Å²) in [6.45, 7) is 4.61. The quantitative estimate of drug-likeness (QED) is 0.651. The lowest BCUT2D eigenvalue weighted by atomic mass is 10.2. The van der Waals surface area contributed by atoms with E-state index in [2.05, 4.69) is 10.4 Å². The molecule has 0 saturated carbocycles. The smallest absolute Gasteiger partial charge is 0.245 e. The van der Waals surface area contributed by atoms with Crippen LogP contribution in [0.15, 0.2) is 53.4 Å². The van der Waals surface area contributed by atoms with Gasteiger partial charge in [0.2, 0.25) is 15.9 Å². The highest BCUT2D eigenvalue weighted by Gasteiger charge is 2.24. The van der Waals surface area contributed by atoms with E-state index < -0.39 is 10.0 Å². The zero-order valence-electron chi connectivity index (χ0n) is 16.8. The van der Waals surface area contributed by atoms with Crippen LogP contribution in [0.25, 0.3) is 5.69 Å². The molecule has 1 amide bonds. The average molecular weight is 426 g/mol. The Bertz CT molecular complexity index is 1220. The second-order valence-electron chi connectivity index (χ2n) is 7.47. The molecule has 3 aromatic rings. The van der Waals surface area contributed by atoms with E-state index >= 15 is 0 Å². The minimum absolute atomic E-state index is 0.0432. The highest BCUT2D eigenvalue weighted by atomic mass is 32.2. The van der Waals surface area contributed by atoms with Crippen LogP contribution < -0.4 is 15.4 Å². The number of carbonyl (C=O) groups is 1. The van der Waals surface area contributed by atoms with E-state index in [1.165, 1.54) is 12.1 Å². The number of amides is 1. The number of nitrogens with two attached hydrogens (primary N) is 1. The van der Waals surface area contributed by atoms with Crippen molar-refractivity contribution in [3.05, 3.63) is 65.4 Å². The Hall–Kier alpha value is -3.17. The van der Waals surface area contributed by atoms with Crippen LogP contribution in [0.5, 0.6) is 0 Å². The maximum absolute atomic E-state index is 12.8. The van der Waals surface area contributed by atoms with Crippen molar-refractivity contribution < 1.29 is 13.2 Å². The molecule has 0 atom stereocenters. The Balaban J connectivity index is 1.53. The first kappa shape index (κ1) is 20.1. The fraction of sp³-hybridized carbons (Fsp3) is 0.238. The number of sulfonamides is 1. The van der Waals surface area contributed by atoms with Gasteiger partial charge in [0.05, 0.1) is 22.8 Å². The number of rotatable bonds is 5. The maximum Gasteiger partial charge on any atom is 0.245 e. The summed E-state index contributed by atoms with van der Waals surface area (Å²) in [7, 11) is -3.80. The van der Waals surface area contributed by atoms with Gasteiger partial charge in [-0.25, -0.2) is 18.2 Å². The van der Waals surface area contributed by atoms with Gasteiger partial charge in [-0.05, 0) is 50.1 Å². The van der Waals surface area contributed by atoms with E-state index in [0.717, 1.165) is 34.6 Å². The molecule has 8 nitrogen and oxygen atoms in total. The SMILES string of the molecule is Cc1ccc(-n2nc(C)cc2NC(=O)CN2CCc3ccc(S(N)(=O)=O)cc32)cc1. The highest BCUT2D eigenvalue weighted by Crippen LogP contribution is 2.30. The van der Waals surface area contributed by atoms with Crippen LogP contribution in [0.2, 0.25) is 0 Å². The molecule has 4 rings (SSSR count). The zero-order valence-corrected chi connectivity index (χ0v) is 17.6. The molecule has 2 heterocycles. The highest BCUT2D eigenvalue weighted by molar-refractivity contribution is 7.89. The Labute approximate surface area is 175 Å². The second-order valence-corrected chi connectivity index (χ2v) is 9.03. The molecule has 0 spiro atoms. The van der Waals surface area contributed by atoms with E-state index in [1.54, 1.807) is 10.7 Å². The number of primary sulfonamides is 1. The summed E-state index contributed by atoms with van der Waals surface area (Å²) < 4.78 is 25.0. The first-order valence-electron chi connectivity index (χ1n) is 9.55. The molecule has 0 bridgehead atoms. The molecular formula is C21H23N5O3S. The van der Waals surface area contributed by atoms with Gasteiger partial charge in [-0.1, -0.05) is 23.8 Å². The minimum Gasteiger partial charge on any atom is -0.362 e. The summed E-state index contributed by atoms with van der Waals surface area (Å²) in [5, 5.41) is 12.6. The summed E-state index contributed by atoms with van der Waals surface area (Å²) in [4.78, 5) is 14.7. The molecule has 1 aliphatic rings. The topological polar surface area (TPSA) is 110 Å². The number of aryl methyl sites for hydroxylation is 2. The van der Waals surface area contributed by atoms with Crippen molar-refractivity contribution in [3.8, 4) is 5.69 Å². The Morgan fingerprint density at radius 3 is 2.57 bits per heavy atom. The van der Waals surface area contributed by atoms with Crippen molar-refractivity contribution in [2.24, 2.45) is 5.14 Å². The van der Waals surface area contributed by atoms with Gasteiger partial charge in [0.1, 0.15) is 5.82 Å². The number of hydrogen-bond donors (Lipinski definition) is 2. The third-order valence-electron chi connectivity index (χ3n) is 5.09. The van der Waals surface area contributed by atoms with Crippen molar-refractivity contribution in [2.75, 3.05) is 23.3 Å². The molecule has 0 radical (unpaired) electrons. The van der Waals surface area contributed by atoms with Crippen LogP contribution in [0.4, 0.5) is 11.5 Å². The van der Waals surface area contributed by atoms with Gasteiger partial charge >= 0.3 is 0 Å². The van der Waals surface area contributed by atoms with E-state index in [-0.39, 0.29) is 17.3 Å². The molecule has 1 aromatic heterocycles. The molecule has 9 heteroatoms. The predicted molar refractivity (Wildman–Crippen MR) is 115 cm³/mol. The van der Waals surface area contributed by atoms with Crippen molar-refractivity contribution in [1.29, 1.82) is 0 Å². The number of aromatic nitrogens is 2. The molecule has 0 fully saturated rings. The summed E-state index contributed by atoms with van der Waals surface area (Å²) in [6.07, 6.45) is 0.744. The van der Waals surface area contributed by atoms with Gasteiger partial charge in [-0.15, -0.1) is 0 Å². The minimum atomic E-state index is -3.80. The number of carbonyl (C=O) groups excluding carboxylic acids is 1. The van der Waals surface area contributed by atoms with Crippen molar-refractivity contribution in [2.45, 2.75) is 25.2 Å². The van der Waals surface area contributed by atoms with Crippen LogP contribution in [0.1, 0.15) is 16.8 Å². The molecule has 2 aromatic carbocycles. The molecule has 156 valence electrons. The van der Waals surface area contributed by atoms with Crippen LogP contribution in [-0.2, 0) is 21.2 Å². The van der Waals surface area contributed by atoms with E-state index in [0.29, 0.717) is 12.4 Å². The number of nitrogens with zero attached hydrogens (tertiary/aromatic N) is 3. The summed E-state index contributed by atoms with van der Waals surface area (Å²) >= 11 is 0. The molecule has 3 N–H and O–H groups in total. The number of hydrogen-bond acceptors (Lipinski definition) is 5. The van der Waals surface area contributed by atoms with Crippen LogP contribution in [0, 0.1) is 13.8 Å². The van der Waals surface area contributed by atoms with Crippen molar-refractivity contribution in [3.63, 3.8) is 0 Å². The van der Waals surface area contributed by atoms with Gasteiger partial charge < -0.3 is 10.2 Å². The van der Waals surface area contributed by atoms with E-state index in [4.69, 9.17) is 5.14 Å². The van der Waals surface area contributed by atoms with Gasteiger partial charge in [-0.2, -0.15) is 5.10 Å². The predicted octanol–water partition coefficient (Wildman–Crippen LogP) is 2.14. The van der Waals surface area contributed by atoms with Crippen molar-refractivity contribution >= 4 is 27.4 Å². The average Bonchev–Trinajstić information content (AvgIpc) is 3.24. The lowest BCUT2D eigenvalue weighted by molar-refractivity contribution is -0.115. The van der Waals surface area contributed by atoms with Crippen LogP contribution in [-0.4, -0.2) is 37.2 Å². The molecule has 0 aliphatic carbocycles. The molecule has 0 saturated heterocycles. The fourth-order valence-corrected chi connectivity index (χ4v) is 4.13. The molecular weight excluding hydrogens is 402 g/mol. The third-order valence-corrected chi connectivity index (χ3v) is 6.00. The van der Waals surface area contributed by atoms with Gasteiger partial charge in [0, 0.05) is 18.3 Å². The van der Waals surface area contributed by atoms with Gasteiger partial charge in [-0.3, -0.25) is 4.79 Å². The Morgan fingerprint density at radius 2 is 1.87 bits per heavy atom. The van der Waals surface area contributed by atoms with Crippen LogP contribution in [0.3, 0.4) is 0 Å². The number of benzene rings is 2. The standard InChI is InChI=1S/C21H23N5O3S/c1-14-3-6-17(7-4-14)26-20(11-15(2)24-26)23-21(27)13-25-10-9-16-5-8-18(12-19(16)25)30(22,28)29/h3-8,11-12H,9-10,13H2,1-2H3,(H,23,27)(H2,22,28,29). The first-order chi connectivity index (χ1) is 14.2. The lowest BCUT2D eigenvalue weighted by Crippen LogP contribution is -2.32. The molecule has 1 aliphatic heterocycles. The normalized spacial score (nSPS) is 13.4. The Morgan fingerprint density at radius 1 is 1.13 bits per heavy atom. The fourth-order valence-electron chi connectivity index (χ4n) is 3.59. The zero-order chi connectivity index (χ0) is 21.5. The second kappa shape index (κ2) is 7.58. The van der Waals surface area contributed by atoms with E-state index in [9.17, 15) is 13.2 Å². The number of fused-ring (bicyclic) bond motifs is 1. The third kappa shape index (κ3) is 4.07. The van der Waals surface area contributed by atoms with Gasteiger partial charge in [0.25, 0.3) is 0 Å². The summed E-state index contributed by atoms with van der Waals surface area (Å²) in [5.41, 5.74) is 4.50. The number of nitrogens with one attached hydrogen (secondary N) is 1.